The summed E-state index contributed by atoms with van der Waals surface area (Å²) in [5.41, 5.74) is 3.52. The molecular formula is C16H24N4. The van der Waals surface area contributed by atoms with Crippen molar-refractivity contribution in [2.24, 2.45) is 5.92 Å². The van der Waals surface area contributed by atoms with Gasteiger partial charge in [-0.15, -0.1) is 0 Å². The van der Waals surface area contributed by atoms with Gasteiger partial charge in [-0.3, -0.25) is 4.90 Å². The highest BCUT2D eigenvalue weighted by atomic mass is 15.1. The number of aromatic nitrogens is 2. The molecule has 0 radical (unpaired) electrons. The zero-order chi connectivity index (χ0) is 13.9. The van der Waals surface area contributed by atoms with Crippen molar-refractivity contribution in [3.8, 4) is 0 Å². The smallest absolute Gasteiger partial charge is 0.139 e. The Hall–Kier alpha value is -1.39. The minimum absolute atomic E-state index is 0.847. The molecule has 1 aliphatic rings. The maximum atomic E-state index is 4.77. The molecule has 0 spiro atoms. The van der Waals surface area contributed by atoms with Gasteiger partial charge in [0.1, 0.15) is 5.65 Å². The van der Waals surface area contributed by atoms with E-state index in [1.54, 1.807) is 0 Å². The summed E-state index contributed by atoms with van der Waals surface area (Å²) >= 11 is 0. The SMILES string of the molecule is CNCC1CCN(Cc2cn3cccc(C)c3n2)CC1. The molecule has 1 saturated heterocycles. The van der Waals surface area contributed by atoms with Crippen molar-refractivity contribution < 1.29 is 0 Å². The number of likely N-dealkylation sites (tertiary alicyclic amines) is 1. The first-order valence-electron chi connectivity index (χ1n) is 7.56. The molecule has 0 aromatic carbocycles. The number of pyridine rings is 1. The van der Waals surface area contributed by atoms with Gasteiger partial charge in [-0.25, -0.2) is 4.98 Å². The Labute approximate surface area is 120 Å². The van der Waals surface area contributed by atoms with Crippen molar-refractivity contribution in [1.82, 2.24) is 19.6 Å². The molecular weight excluding hydrogens is 248 g/mol. The Kier molecular flexibility index (Phi) is 4.03. The maximum Gasteiger partial charge on any atom is 0.139 e. The van der Waals surface area contributed by atoms with Crippen molar-refractivity contribution in [2.75, 3.05) is 26.7 Å². The number of rotatable bonds is 4. The number of aryl methyl sites for hydroxylation is 1. The molecule has 0 unspecified atom stereocenters. The summed E-state index contributed by atoms with van der Waals surface area (Å²) in [4.78, 5) is 7.30. The van der Waals surface area contributed by atoms with Crippen molar-refractivity contribution in [3.63, 3.8) is 0 Å². The minimum atomic E-state index is 0.847. The molecule has 1 fully saturated rings. The molecule has 20 heavy (non-hydrogen) atoms. The van der Waals surface area contributed by atoms with E-state index in [-0.39, 0.29) is 0 Å². The molecule has 108 valence electrons. The van der Waals surface area contributed by atoms with E-state index in [2.05, 4.69) is 46.1 Å². The first kappa shape index (κ1) is 13.6. The van der Waals surface area contributed by atoms with Crippen LogP contribution in [-0.2, 0) is 6.54 Å². The number of hydrogen-bond donors (Lipinski definition) is 1. The third-order valence-corrected chi connectivity index (χ3v) is 4.31. The second kappa shape index (κ2) is 5.94. The van der Waals surface area contributed by atoms with Gasteiger partial charge in [0.2, 0.25) is 0 Å². The van der Waals surface area contributed by atoms with Crippen LogP contribution in [0.4, 0.5) is 0 Å². The Morgan fingerprint density at radius 3 is 2.85 bits per heavy atom. The van der Waals surface area contributed by atoms with Gasteiger partial charge in [0.25, 0.3) is 0 Å². The molecule has 1 N–H and O–H groups in total. The van der Waals surface area contributed by atoms with Crippen molar-refractivity contribution >= 4 is 5.65 Å². The fourth-order valence-electron chi connectivity index (χ4n) is 3.15. The maximum absolute atomic E-state index is 4.77. The average molecular weight is 272 g/mol. The van der Waals surface area contributed by atoms with Crippen LogP contribution in [0, 0.1) is 12.8 Å². The molecule has 0 bridgehead atoms. The van der Waals surface area contributed by atoms with E-state index in [0.717, 1.165) is 24.7 Å². The topological polar surface area (TPSA) is 32.6 Å². The van der Waals surface area contributed by atoms with Crippen LogP contribution in [0.15, 0.2) is 24.5 Å². The predicted octanol–water partition coefficient (Wildman–Crippen LogP) is 2.07. The van der Waals surface area contributed by atoms with Gasteiger partial charge in [0, 0.05) is 18.9 Å². The fourth-order valence-corrected chi connectivity index (χ4v) is 3.15. The molecule has 3 heterocycles. The lowest BCUT2D eigenvalue weighted by molar-refractivity contribution is 0.175. The summed E-state index contributed by atoms with van der Waals surface area (Å²) in [7, 11) is 2.05. The number of hydrogen-bond acceptors (Lipinski definition) is 3. The largest absolute Gasteiger partial charge is 0.319 e. The van der Waals surface area contributed by atoms with E-state index < -0.39 is 0 Å². The molecule has 2 aromatic heterocycles. The lowest BCUT2D eigenvalue weighted by Gasteiger charge is -2.31. The lowest BCUT2D eigenvalue weighted by Crippen LogP contribution is -2.36. The van der Waals surface area contributed by atoms with Gasteiger partial charge in [-0.05, 0) is 64.0 Å². The number of imidazole rings is 1. The van der Waals surface area contributed by atoms with E-state index in [1.807, 2.05) is 7.05 Å². The summed E-state index contributed by atoms with van der Waals surface area (Å²) in [5, 5.41) is 3.29. The highest BCUT2D eigenvalue weighted by molar-refractivity contribution is 5.47. The second-order valence-corrected chi connectivity index (χ2v) is 5.93. The Bertz CT molecular complexity index is 567. The van der Waals surface area contributed by atoms with Crippen LogP contribution in [0.2, 0.25) is 0 Å². The molecule has 4 nitrogen and oxygen atoms in total. The molecule has 2 aromatic rings. The number of fused-ring (bicyclic) bond motifs is 1. The number of piperidine rings is 1. The normalized spacial score (nSPS) is 17.9. The molecule has 3 rings (SSSR count). The average Bonchev–Trinajstić information content (AvgIpc) is 2.85. The lowest BCUT2D eigenvalue weighted by atomic mass is 9.97. The van der Waals surface area contributed by atoms with Crippen LogP contribution in [0.3, 0.4) is 0 Å². The zero-order valence-electron chi connectivity index (χ0n) is 12.5. The van der Waals surface area contributed by atoms with Gasteiger partial charge >= 0.3 is 0 Å². The van der Waals surface area contributed by atoms with Gasteiger partial charge in [-0.2, -0.15) is 0 Å². The molecule has 0 aliphatic carbocycles. The number of nitrogens with one attached hydrogen (secondary N) is 1. The van der Waals surface area contributed by atoms with E-state index >= 15 is 0 Å². The third-order valence-electron chi connectivity index (χ3n) is 4.31. The summed E-state index contributed by atoms with van der Waals surface area (Å²) in [6, 6.07) is 4.20. The third kappa shape index (κ3) is 2.86. The summed E-state index contributed by atoms with van der Waals surface area (Å²) in [5.74, 6) is 0.847. The van der Waals surface area contributed by atoms with Crippen molar-refractivity contribution in [1.29, 1.82) is 0 Å². The first-order chi connectivity index (χ1) is 9.76. The molecule has 1 aliphatic heterocycles. The van der Waals surface area contributed by atoms with Crippen LogP contribution in [-0.4, -0.2) is 41.0 Å². The van der Waals surface area contributed by atoms with Gasteiger partial charge < -0.3 is 9.72 Å². The van der Waals surface area contributed by atoms with Crippen LogP contribution < -0.4 is 5.32 Å². The minimum Gasteiger partial charge on any atom is -0.319 e. The van der Waals surface area contributed by atoms with E-state index in [0.29, 0.717) is 0 Å². The van der Waals surface area contributed by atoms with E-state index in [1.165, 1.54) is 37.2 Å². The Balaban J connectivity index is 1.64. The van der Waals surface area contributed by atoms with Crippen LogP contribution in [0.25, 0.3) is 5.65 Å². The van der Waals surface area contributed by atoms with Crippen molar-refractivity contribution in [2.45, 2.75) is 26.3 Å². The first-order valence-corrected chi connectivity index (χ1v) is 7.56. The standard InChI is InChI=1S/C16H24N4/c1-13-4-3-7-20-12-15(18-16(13)20)11-19-8-5-14(6-9-19)10-17-2/h3-4,7,12,14,17H,5-6,8-11H2,1-2H3. The van der Waals surface area contributed by atoms with Gasteiger partial charge in [0.15, 0.2) is 0 Å². The van der Waals surface area contributed by atoms with Gasteiger partial charge in [0.05, 0.1) is 5.69 Å². The second-order valence-electron chi connectivity index (χ2n) is 5.93. The quantitative estimate of drug-likeness (QED) is 0.925. The highest BCUT2D eigenvalue weighted by Gasteiger charge is 2.19. The molecule has 0 saturated carbocycles. The van der Waals surface area contributed by atoms with Crippen LogP contribution in [0.1, 0.15) is 24.1 Å². The fraction of sp³-hybridized carbons (Fsp3) is 0.562. The monoisotopic (exact) mass is 272 g/mol. The highest BCUT2D eigenvalue weighted by Crippen LogP contribution is 2.19. The molecule has 4 heteroatoms. The van der Waals surface area contributed by atoms with Crippen LogP contribution in [0.5, 0.6) is 0 Å². The summed E-state index contributed by atoms with van der Waals surface area (Å²) in [6.45, 7) is 6.64. The van der Waals surface area contributed by atoms with Crippen LogP contribution >= 0.6 is 0 Å². The Morgan fingerprint density at radius 1 is 1.35 bits per heavy atom. The molecule has 0 atom stereocenters. The Morgan fingerprint density at radius 2 is 2.15 bits per heavy atom. The molecule has 0 amide bonds. The predicted molar refractivity (Wildman–Crippen MR) is 81.9 cm³/mol. The summed E-state index contributed by atoms with van der Waals surface area (Å²) < 4.78 is 2.14. The van der Waals surface area contributed by atoms with Crippen molar-refractivity contribution in [3.05, 3.63) is 35.8 Å². The number of nitrogens with zero attached hydrogens (tertiary/aromatic N) is 3. The van der Waals surface area contributed by atoms with E-state index in [9.17, 15) is 0 Å². The zero-order valence-corrected chi connectivity index (χ0v) is 12.5. The van der Waals surface area contributed by atoms with E-state index in [4.69, 9.17) is 4.98 Å². The van der Waals surface area contributed by atoms with Gasteiger partial charge in [-0.1, -0.05) is 6.07 Å². The summed E-state index contributed by atoms with van der Waals surface area (Å²) in [6.07, 6.45) is 6.85.